The first-order chi connectivity index (χ1) is 8.23. The van der Waals surface area contributed by atoms with E-state index >= 15 is 0 Å². The van der Waals surface area contributed by atoms with Crippen molar-refractivity contribution in [2.24, 2.45) is 5.92 Å². The van der Waals surface area contributed by atoms with Gasteiger partial charge in [0.2, 0.25) is 5.79 Å². The molecule has 1 fully saturated rings. The molecule has 1 saturated carbocycles. The summed E-state index contributed by atoms with van der Waals surface area (Å²) in [6.07, 6.45) is -0.0237. The van der Waals surface area contributed by atoms with E-state index in [1.807, 2.05) is 0 Å². The number of carboxylic acids is 1. The molecule has 0 amide bonds. The second-order valence-electron chi connectivity index (χ2n) is 4.26. The molecule has 8 heteroatoms. The third-order valence-corrected chi connectivity index (χ3v) is 6.28. The van der Waals surface area contributed by atoms with Crippen LogP contribution >= 0.6 is 46.4 Å². The highest BCUT2D eigenvalue weighted by atomic mass is 35.5. The predicted molar refractivity (Wildman–Crippen MR) is 68.4 cm³/mol. The molecule has 0 radical (unpaired) electrons. The molecule has 2 bridgehead atoms. The SMILES string of the molecule is COC1(OC)[C@@]2(Cl)C(Cl)=C(Cl)[C@@]1(Cl)C[C@H]2C(=O)O. The largest absolute Gasteiger partial charge is 0.481 e. The predicted octanol–water partition coefficient (Wildman–Crippen LogP) is 2.74. The highest BCUT2D eigenvalue weighted by Gasteiger charge is 2.82. The quantitative estimate of drug-likeness (QED) is 0.636. The van der Waals surface area contributed by atoms with E-state index in [2.05, 4.69) is 0 Å². The fourth-order valence-electron chi connectivity index (χ4n) is 2.90. The fourth-order valence-corrected chi connectivity index (χ4v) is 4.95. The van der Waals surface area contributed by atoms with Gasteiger partial charge in [-0.05, 0) is 6.42 Å². The lowest BCUT2D eigenvalue weighted by atomic mass is 9.91. The summed E-state index contributed by atoms with van der Waals surface area (Å²) in [6.45, 7) is 0. The zero-order valence-corrected chi connectivity index (χ0v) is 12.5. The van der Waals surface area contributed by atoms with Crippen molar-refractivity contribution in [3.05, 3.63) is 10.1 Å². The van der Waals surface area contributed by atoms with Gasteiger partial charge < -0.3 is 14.6 Å². The molecule has 0 aromatic heterocycles. The Hall–Kier alpha value is 0.290. The molecular weight excluding hydrogens is 326 g/mol. The Balaban J connectivity index is 2.73. The van der Waals surface area contributed by atoms with Crippen molar-refractivity contribution in [2.75, 3.05) is 14.2 Å². The maximum atomic E-state index is 11.3. The van der Waals surface area contributed by atoms with Crippen molar-refractivity contribution in [1.29, 1.82) is 0 Å². The van der Waals surface area contributed by atoms with Crippen molar-refractivity contribution in [2.45, 2.75) is 22.0 Å². The molecule has 0 aromatic rings. The Morgan fingerprint density at radius 1 is 1.28 bits per heavy atom. The van der Waals surface area contributed by atoms with Crippen molar-refractivity contribution >= 4 is 52.4 Å². The molecule has 0 spiro atoms. The Morgan fingerprint density at radius 2 is 1.78 bits per heavy atom. The normalized spacial score (nSPS) is 41.6. The van der Waals surface area contributed by atoms with Gasteiger partial charge in [0.25, 0.3) is 0 Å². The van der Waals surface area contributed by atoms with Crippen molar-refractivity contribution in [1.82, 2.24) is 0 Å². The summed E-state index contributed by atoms with van der Waals surface area (Å²) in [4.78, 5) is 8.29. The molecule has 18 heavy (non-hydrogen) atoms. The Morgan fingerprint density at radius 3 is 2.11 bits per heavy atom. The van der Waals surface area contributed by atoms with Gasteiger partial charge in [0.05, 0.1) is 16.0 Å². The van der Waals surface area contributed by atoms with Gasteiger partial charge in [-0.3, -0.25) is 4.79 Å². The van der Waals surface area contributed by atoms with Gasteiger partial charge in [0, 0.05) is 14.2 Å². The zero-order chi connectivity index (χ0) is 13.9. The summed E-state index contributed by atoms with van der Waals surface area (Å²) in [5, 5.41) is 9.30. The first-order valence-corrected chi connectivity index (χ1v) is 6.51. The van der Waals surface area contributed by atoms with Crippen LogP contribution in [0.4, 0.5) is 0 Å². The maximum absolute atomic E-state index is 11.3. The zero-order valence-electron chi connectivity index (χ0n) is 9.47. The number of alkyl halides is 2. The molecule has 2 aliphatic rings. The van der Waals surface area contributed by atoms with Gasteiger partial charge in [-0.1, -0.05) is 23.2 Å². The minimum atomic E-state index is -1.64. The highest BCUT2D eigenvalue weighted by molar-refractivity contribution is 6.52. The van der Waals surface area contributed by atoms with E-state index < -0.39 is 27.4 Å². The second-order valence-corrected chi connectivity index (χ2v) is 6.26. The smallest absolute Gasteiger partial charge is 0.308 e. The van der Waals surface area contributed by atoms with Crippen LogP contribution in [0.25, 0.3) is 0 Å². The Kier molecular flexibility index (Phi) is 3.38. The van der Waals surface area contributed by atoms with Crippen LogP contribution in [0.5, 0.6) is 0 Å². The van der Waals surface area contributed by atoms with Crippen molar-refractivity contribution in [3.8, 4) is 0 Å². The molecule has 0 aliphatic heterocycles. The molecular formula is C10H10Cl4O4. The number of methoxy groups -OCH3 is 2. The minimum absolute atomic E-state index is 0.0237. The van der Waals surface area contributed by atoms with Crippen LogP contribution in [0.1, 0.15) is 6.42 Å². The topological polar surface area (TPSA) is 55.8 Å². The summed E-state index contributed by atoms with van der Waals surface area (Å²) in [5.41, 5.74) is 0. The van der Waals surface area contributed by atoms with Crippen LogP contribution in [0, 0.1) is 5.92 Å². The summed E-state index contributed by atoms with van der Waals surface area (Å²) in [6, 6.07) is 0. The van der Waals surface area contributed by atoms with Crippen LogP contribution < -0.4 is 0 Å². The molecule has 3 atom stereocenters. The molecule has 0 saturated heterocycles. The number of ether oxygens (including phenoxy) is 2. The Bertz CT molecular complexity index is 447. The van der Waals surface area contributed by atoms with Crippen molar-refractivity contribution in [3.63, 3.8) is 0 Å². The molecule has 2 aliphatic carbocycles. The van der Waals surface area contributed by atoms with E-state index in [1.54, 1.807) is 0 Å². The monoisotopic (exact) mass is 334 g/mol. The summed E-state index contributed by atoms with van der Waals surface area (Å²) in [5.74, 6) is -3.79. The van der Waals surface area contributed by atoms with Crippen LogP contribution in [-0.2, 0) is 14.3 Å². The second kappa shape index (κ2) is 4.14. The minimum Gasteiger partial charge on any atom is -0.481 e. The van der Waals surface area contributed by atoms with Gasteiger partial charge in [0.1, 0.15) is 4.87 Å². The molecule has 1 N–H and O–H groups in total. The Labute approximate surface area is 124 Å². The molecule has 4 nitrogen and oxygen atoms in total. The number of carboxylic acid groups (broad SMARTS) is 1. The first kappa shape index (κ1) is 14.7. The van der Waals surface area contributed by atoms with E-state index in [-0.39, 0.29) is 16.5 Å². The van der Waals surface area contributed by atoms with E-state index in [4.69, 9.17) is 55.9 Å². The molecule has 0 unspecified atom stereocenters. The lowest BCUT2D eigenvalue weighted by molar-refractivity contribution is -0.219. The number of aliphatic carboxylic acids is 1. The van der Waals surface area contributed by atoms with Gasteiger partial charge in [-0.2, -0.15) is 0 Å². The lowest BCUT2D eigenvalue weighted by Crippen LogP contribution is -2.57. The van der Waals surface area contributed by atoms with Gasteiger partial charge in [-0.25, -0.2) is 0 Å². The molecule has 2 rings (SSSR count). The van der Waals surface area contributed by atoms with Crippen LogP contribution in [-0.4, -0.2) is 40.8 Å². The van der Waals surface area contributed by atoms with E-state index in [0.29, 0.717) is 0 Å². The lowest BCUT2D eigenvalue weighted by Gasteiger charge is -2.40. The van der Waals surface area contributed by atoms with E-state index in [9.17, 15) is 9.90 Å². The van der Waals surface area contributed by atoms with Crippen molar-refractivity contribution < 1.29 is 19.4 Å². The summed E-state index contributed by atoms with van der Waals surface area (Å²) < 4.78 is 10.6. The highest BCUT2D eigenvalue weighted by Crippen LogP contribution is 2.71. The van der Waals surface area contributed by atoms with Gasteiger partial charge >= 0.3 is 5.97 Å². The van der Waals surface area contributed by atoms with Crippen LogP contribution in [0.2, 0.25) is 0 Å². The van der Waals surface area contributed by atoms with Crippen LogP contribution in [0.15, 0.2) is 10.1 Å². The third kappa shape index (κ3) is 1.25. The molecule has 0 heterocycles. The number of carbonyl (C=O) groups is 1. The summed E-state index contributed by atoms with van der Waals surface area (Å²) >= 11 is 25.0. The number of hydrogen-bond acceptors (Lipinski definition) is 3. The van der Waals surface area contributed by atoms with Gasteiger partial charge in [0.15, 0.2) is 4.87 Å². The number of fused-ring (bicyclic) bond motifs is 2. The summed E-state index contributed by atoms with van der Waals surface area (Å²) in [7, 11) is 2.64. The fraction of sp³-hybridized carbons (Fsp3) is 0.700. The molecule has 102 valence electrons. The standard InChI is InChI=1S/C10H10Cl4O4/c1-17-10(18-2)8(13)3-4(7(15)16)9(10,14)6(12)5(8)11/h4H,3H2,1-2H3,(H,15,16)/t4-,8-,9-/m0/s1. The number of halogens is 4. The number of rotatable bonds is 3. The van der Waals surface area contributed by atoms with Crippen LogP contribution in [0.3, 0.4) is 0 Å². The first-order valence-electron chi connectivity index (χ1n) is 5.00. The maximum Gasteiger partial charge on any atom is 0.308 e. The third-order valence-electron chi connectivity index (χ3n) is 3.70. The average molecular weight is 336 g/mol. The molecule has 0 aromatic carbocycles. The van der Waals surface area contributed by atoms with E-state index in [0.717, 1.165) is 0 Å². The number of hydrogen-bond donors (Lipinski definition) is 1. The van der Waals surface area contributed by atoms with Gasteiger partial charge in [-0.15, -0.1) is 23.2 Å². The average Bonchev–Trinajstić information content (AvgIpc) is 2.60. The van der Waals surface area contributed by atoms with E-state index in [1.165, 1.54) is 14.2 Å².